The van der Waals surface area contributed by atoms with Crippen LogP contribution < -0.4 is 5.32 Å². The highest BCUT2D eigenvalue weighted by atomic mass is 16.5. The molecule has 0 amide bonds. The van der Waals surface area contributed by atoms with Gasteiger partial charge in [-0.2, -0.15) is 0 Å². The average molecular weight is 271 g/mol. The van der Waals surface area contributed by atoms with E-state index in [9.17, 15) is 0 Å². The minimum absolute atomic E-state index is 0.0210. The number of hydrogen-bond acceptors (Lipinski definition) is 5. The molecule has 2 atom stereocenters. The first kappa shape index (κ1) is 15.2. The van der Waals surface area contributed by atoms with Gasteiger partial charge in [0.15, 0.2) is 0 Å². The van der Waals surface area contributed by atoms with Crippen LogP contribution >= 0.6 is 0 Å². The second-order valence-electron chi connectivity index (χ2n) is 5.52. The van der Waals surface area contributed by atoms with Crippen LogP contribution in [0.15, 0.2) is 0 Å². The summed E-state index contributed by atoms with van der Waals surface area (Å²) in [6.45, 7) is 12.4. The molecule has 2 rings (SSSR count). The Bertz CT molecular complexity index is 257. The summed E-state index contributed by atoms with van der Waals surface area (Å²) in [5.41, 5.74) is -0.0210. The van der Waals surface area contributed by atoms with Crippen molar-refractivity contribution in [2.45, 2.75) is 32.0 Å². The number of nitrogens with one attached hydrogen (secondary N) is 1. The van der Waals surface area contributed by atoms with Crippen LogP contribution in [0.3, 0.4) is 0 Å². The number of rotatable bonds is 5. The number of nitrogens with zero attached hydrogens (tertiary/aromatic N) is 2. The molecule has 0 radical (unpaired) electrons. The maximum atomic E-state index is 5.76. The number of piperazine rings is 1. The zero-order valence-corrected chi connectivity index (χ0v) is 12.7. The molecule has 0 bridgehead atoms. The van der Waals surface area contributed by atoms with Crippen LogP contribution in [-0.4, -0.2) is 81.2 Å². The van der Waals surface area contributed by atoms with Crippen molar-refractivity contribution >= 4 is 0 Å². The highest BCUT2D eigenvalue weighted by Crippen LogP contribution is 2.29. The van der Waals surface area contributed by atoms with Crippen LogP contribution in [0.1, 0.15) is 20.3 Å². The monoisotopic (exact) mass is 271 g/mol. The van der Waals surface area contributed by atoms with Crippen molar-refractivity contribution in [1.82, 2.24) is 15.1 Å². The highest BCUT2D eigenvalue weighted by molar-refractivity contribution is 5.01. The van der Waals surface area contributed by atoms with E-state index in [0.29, 0.717) is 0 Å². The van der Waals surface area contributed by atoms with Gasteiger partial charge in [0.1, 0.15) is 5.66 Å². The van der Waals surface area contributed by atoms with Gasteiger partial charge in [0.2, 0.25) is 0 Å². The molecule has 0 spiro atoms. The molecule has 19 heavy (non-hydrogen) atoms. The molecule has 2 aliphatic rings. The summed E-state index contributed by atoms with van der Waals surface area (Å²) in [4.78, 5) is 5.18. The average Bonchev–Trinajstić information content (AvgIpc) is 2.48. The third kappa shape index (κ3) is 2.95. The van der Waals surface area contributed by atoms with Crippen molar-refractivity contribution in [2.24, 2.45) is 0 Å². The Kier molecular flexibility index (Phi) is 5.59. The van der Waals surface area contributed by atoms with Crippen LogP contribution in [0.2, 0.25) is 0 Å². The van der Waals surface area contributed by atoms with E-state index >= 15 is 0 Å². The summed E-state index contributed by atoms with van der Waals surface area (Å²) in [6.07, 6.45) is 1.37. The summed E-state index contributed by atoms with van der Waals surface area (Å²) in [7, 11) is 1.82. The Morgan fingerprint density at radius 3 is 2.68 bits per heavy atom. The van der Waals surface area contributed by atoms with Gasteiger partial charge < -0.3 is 14.8 Å². The maximum Gasteiger partial charge on any atom is 0.113 e. The van der Waals surface area contributed by atoms with E-state index in [1.165, 1.54) is 6.42 Å². The lowest BCUT2D eigenvalue weighted by atomic mass is 9.95. The van der Waals surface area contributed by atoms with Crippen molar-refractivity contribution in [3.63, 3.8) is 0 Å². The van der Waals surface area contributed by atoms with Crippen LogP contribution in [0.5, 0.6) is 0 Å². The number of morpholine rings is 1. The van der Waals surface area contributed by atoms with Crippen LogP contribution in [0.4, 0.5) is 0 Å². The number of methoxy groups -OCH3 is 1. The first-order valence-electron chi connectivity index (χ1n) is 7.57. The normalized spacial score (nSPS) is 32.4. The van der Waals surface area contributed by atoms with Crippen molar-refractivity contribution < 1.29 is 9.47 Å². The number of hydrogen-bond donors (Lipinski definition) is 1. The molecule has 2 heterocycles. The summed E-state index contributed by atoms with van der Waals surface area (Å²) < 4.78 is 11.3. The van der Waals surface area contributed by atoms with Crippen LogP contribution in [0, 0.1) is 0 Å². The molecule has 5 nitrogen and oxygen atoms in total. The molecule has 112 valence electrons. The molecule has 2 fully saturated rings. The minimum Gasteiger partial charge on any atom is -0.379 e. The van der Waals surface area contributed by atoms with E-state index in [4.69, 9.17) is 9.47 Å². The van der Waals surface area contributed by atoms with Gasteiger partial charge in [-0.05, 0) is 19.9 Å². The molecule has 2 aliphatic heterocycles. The molecular weight excluding hydrogens is 242 g/mol. The van der Waals surface area contributed by atoms with Crippen molar-refractivity contribution in [1.29, 1.82) is 0 Å². The van der Waals surface area contributed by atoms with E-state index < -0.39 is 0 Å². The smallest absolute Gasteiger partial charge is 0.113 e. The Balaban J connectivity index is 2.24. The van der Waals surface area contributed by atoms with E-state index in [0.717, 1.165) is 52.5 Å². The van der Waals surface area contributed by atoms with Gasteiger partial charge >= 0.3 is 0 Å². The van der Waals surface area contributed by atoms with E-state index in [2.05, 4.69) is 29.0 Å². The van der Waals surface area contributed by atoms with Gasteiger partial charge in [-0.15, -0.1) is 0 Å². The highest BCUT2D eigenvalue weighted by Gasteiger charge is 2.48. The van der Waals surface area contributed by atoms with E-state index in [-0.39, 0.29) is 11.8 Å². The summed E-state index contributed by atoms with van der Waals surface area (Å²) in [6, 6.07) is 0. The topological polar surface area (TPSA) is 37.0 Å². The van der Waals surface area contributed by atoms with Crippen LogP contribution in [-0.2, 0) is 9.47 Å². The molecule has 2 unspecified atom stereocenters. The van der Waals surface area contributed by atoms with E-state index in [1.807, 2.05) is 7.11 Å². The summed E-state index contributed by atoms with van der Waals surface area (Å²) in [5, 5.41) is 3.57. The first-order valence-corrected chi connectivity index (χ1v) is 7.57. The SMILES string of the molecule is CCCN1CCNCC1(C(C)OC)N1CCOCC1. The largest absolute Gasteiger partial charge is 0.379 e. The second-order valence-corrected chi connectivity index (χ2v) is 5.52. The van der Waals surface area contributed by atoms with Crippen LogP contribution in [0.25, 0.3) is 0 Å². The predicted molar refractivity (Wildman–Crippen MR) is 76.3 cm³/mol. The molecule has 1 N–H and O–H groups in total. The van der Waals surface area contributed by atoms with Gasteiger partial charge in [0, 0.05) is 39.8 Å². The van der Waals surface area contributed by atoms with Crippen molar-refractivity contribution in [3.05, 3.63) is 0 Å². The minimum atomic E-state index is -0.0210. The molecule has 0 aromatic rings. The Morgan fingerprint density at radius 2 is 2.05 bits per heavy atom. The van der Waals surface area contributed by atoms with Gasteiger partial charge in [-0.3, -0.25) is 9.80 Å². The molecule has 5 heteroatoms. The first-order chi connectivity index (χ1) is 9.25. The molecule has 2 saturated heterocycles. The Hall–Kier alpha value is -0.200. The molecule has 0 aliphatic carbocycles. The van der Waals surface area contributed by atoms with E-state index in [1.54, 1.807) is 0 Å². The lowest BCUT2D eigenvalue weighted by Crippen LogP contribution is -2.75. The summed E-state index contributed by atoms with van der Waals surface area (Å²) in [5.74, 6) is 0. The zero-order valence-electron chi connectivity index (χ0n) is 12.7. The summed E-state index contributed by atoms with van der Waals surface area (Å²) >= 11 is 0. The van der Waals surface area contributed by atoms with Crippen molar-refractivity contribution in [3.8, 4) is 0 Å². The fraction of sp³-hybridized carbons (Fsp3) is 1.00. The number of ether oxygens (including phenoxy) is 2. The lowest BCUT2D eigenvalue weighted by Gasteiger charge is -2.56. The second kappa shape index (κ2) is 6.99. The van der Waals surface area contributed by atoms with Gasteiger partial charge in [-0.1, -0.05) is 6.92 Å². The fourth-order valence-corrected chi connectivity index (χ4v) is 3.48. The van der Waals surface area contributed by atoms with Gasteiger partial charge in [0.25, 0.3) is 0 Å². The van der Waals surface area contributed by atoms with Gasteiger partial charge in [0.05, 0.1) is 19.3 Å². The van der Waals surface area contributed by atoms with Crippen molar-refractivity contribution in [2.75, 3.05) is 59.6 Å². The molecular formula is C14H29N3O2. The Labute approximate surface area is 117 Å². The third-order valence-electron chi connectivity index (χ3n) is 4.55. The lowest BCUT2D eigenvalue weighted by molar-refractivity contribution is -0.170. The predicted octanol–water partition coefficient (Wildman–Crippen LogP) is 0.365. The zero-order chi connectivity index (χ0) is 13.7. The third-order valence-corrected chi connectivity index (χ3v) is 4.55. The quantitative estimate of drug-likeness (QED) is 0.782. The maximum absolute atomic E-state index is 5.76. The molecule has 0 aromatic heterocycles. The molecule has 0 saturated carbocycles. The molecule has 0 aromatic carbocycles. The standard InChI is InChI=1S/C14H29N3O2/c1-4-6-16-7-5-15-12-14(16,13(2)18-3)17-8-10-19-11-9-17/h13,15H,4-12H2,1-3H3. The fourth-order valence-electron chi connectivity index (χ4n) is 3.48. The van der Waals surface area contributed by atoms with Gasteiger partial charge in [-0.25, -0.2) is 0 Å². The Morgan fingerprint density at radius 1 is 1.32 bits per heavy atom.